The third-order valence-corrected chi connectivity index (χ3v) is 5.31. The number of aromatic nitrogens is 2. The topological polar surface area (TPSA) is 88.3 Å². The number of rotatable bonds is 5. The van der Waals surface area contributed by atoms with Crippen LogP contribution in [0.1, 0.15) is 30.0 Å². The van der Waals surface area contributed by atoms with Crippen LogP contribution in [0.2, 0.25) is 0 Å². The highest BCUT2D eigenvalue weighted by molar-refractivity contribution is 7.90. The van der Waals surface area contributed by atoms with Crippen LogP contribution in [0.3, 0.4) is 0 Å². The normalized spacial score (nSPS) is 18.5. The molecule has 0 aromatic carbocycles. The molecule has 0 bridgehead atoms. The van der Waals surface area contributed by atoms with E-state index in [0.717, 1.165) is 31.5 Å². The van der Waals surface area contributed by atoms with Crippen LogP contribution in [0.5, 0.6) is 0 Å². The summed E-state index contributed by atoms with van der Waals surface area (Å²) in [7, 11) is -1.48. The Kier molecular flexibility index (Phi) is 4.86. The summed E-state index contributed by atoms with van der Waals surface area (Å²) >= 11 is 0. The van der Waals surface area contributed by atoms with Crippen LogP contribution in [-0.4, -0.2) is 44.8 Å². The molecule has 1 N–H and O–H groups in total. The van der Waals surface area contributed by atoms with Crippen LogP contribution in [-0.2, 0) is 16.4 Å². The van der Waals surface area contributed by atoms with E-state index in [1.807, 2.05) is 18.0 Å². The summed E-state index contributed by atoms with van der Waals surface area (Å²) < 4.78 is 29.3. The van der Waals surface area contributed by atoms with Crippen molar-refractivity contribution in [2.45, 2.75) is 30.2 Å². The van der Waals surface area contributed by atoms with Gasteiger partial charge in [-0.05, 0) is 25.5 Å². The molecule has 1 atom stereocenters. The molecule has 8 heteroatoms. The van der Waals surface area contributed by atoms with Crippen LogP contribution in [0.25, 0.3) is 0 Å². The number of anilines is 1. The number of nitrogens with zero attached hydrogens (tertiary/aromatic N) is 3. The summed E-state index contributed by atoms with van der Waals surface area (Å²) in [5, 5.41) is 3.32. The first kappa shape index (κ1) is 16.9. The van der Waals surface area contributed by atoms with E-state index in [0.29, 0.717) is 18.2 Å². The summed E-state index contributed by atoms with van der Waals surface area (Å²) in [5.41, 5.74) is 1.63. The van der Waals surface area contributed by atoms with Crippen LogP contribution in [0.15, 0.2) is 34.1 Å². The van der Waals surface area contributed by atoms with Gasteiger partial charge in [0.15, 0.2) is 9.84 Å². The van der Waals surface area contributed by atoms with Crippen LogP contribution < -0.4 is 10.2 Å². The van der Waals surface area contributed by atoms with Crippen molar-refractivity contribution in [3.8, 4) is 0 Å². The van der Waals surface area contributed by atoms with Gasteiger partial charge in [-0.15, -0.1) is 0 Å². The lowest BCUT2D eigenvalue weighted by molar-refractivity contribution is 0.447. The average Bonchev–Trinajstić information content (AvgIpc) is 3.07. The summed E-state index contributed by atoms with van der Waals surface area (Å²) in [4.78, 5) is 11.0. The largest absolute Gasteiger partial charge is 0.472 e. The molecule has 0 radical (unpaired) electrons. The molecule has 24 heavy (non-hydrogen) atoms. The Morgan fingerprint density at radius 1 is 1.46 bits per heavy atom. The van der Waals surface area contributed by atoms with Gasteiger partial charge in [-0.2, -0.15) is 0 Å². The highest BCUT2D eigenvalue weighted by Crippen LogP contribution is 2.28. The predicted molar refractivity (Wildman–Crippen MR) is 90.8 cm³/mol. The van der Waals surface area contributed by atoms with E-state index >= 15 is 0 Å². The van der Waals surface area contributed by atoms with E-state index in [4.69, 9.17) is 4.42 Å². The number of hydrogen-bond donors (Lipinski definition) is 1. The molecule has 1 unspecified atom stereocenters. The van der Waals surface area contributed by atoms with Gasteiger partial charge < -0.3 is 14.6 Å². The molecule has 1 saturated heterocycles. The molecule has 130 valence electrons. The molecule has 0 amide bonds. The van der Waals surface area contributed by atoms with E-state index in [-0.39, 0.29) is 10.8 Å². The molecule has 0 aliphatic carbocycles. The fourth-order valence-electron chi connectivity index (χ4n) is 2.95. The maximum Gasteiger partial charge on any atom is 0.225 e. The fourth-order valence-corrected chi connectivity index (χ4v) is 3.79. The van der Waals surface area contributed by atoms with Crippen molar-refractivity contribution in [2.24, 2.45) is 0 Å². The zero-order chi connectivity index (χ0) is 17.2. The first-order chi connectivity index (χ1) is 11.4. The molecule has 1 aliphatic rings. The van der Waals surface area contributed by atoms with Crippen LogP contribution in [0.4, 0.5) is 5.95 Å². The Hall–Kier alpha value is -1.93. The lowest BCUT2D eigenvalue weighted by Crippen LogP contribution is -2.30. The molecule has 7 nitrogen and oxygen atoms in total. The molecule has 2 aromatic rings. The molecule has 0 spiro atoms. The van der Waals surface area contributed by atoms with Crippen molar-refractivity contribution in [1.29, 1.82) is 0 Å². The maximum absolute atomic E-state index is 12.1. The first-order valence-corrected chi connectivity index (χ1v) is 9.84. The minimum atomic E-state index is -3.36. The Balaban J connectivity index is 1.94. The van der Waals surface area contributed by atoms with Gasteiger partial charge in [-0.1, -0.05) is 0 Å². The zero-order valence-electron chi connectivity index (χ0n) is 13.9. The van der Waals surface area contributed by atoms with Crippen molar-refractivity contribution < 1.29 is 12.8 Å². The molecular weight excluding hydrogens is 328 g/mol. The third-order valence-electron chi connectivity index (χ3n) is 4.19. The first-order valence-electron chi connectivity index (χ1n) is 7.95. The number of hydrogen-bond acceptors (Lipinski definition) is 7. The summed E-state index contributed by atoms with van der Waals surface area (Å²) in [6.07, 6.45) is 7.88. The lowest BCUT2D eigenvalue weighted by Gasteiger charge is -2.25. The monoisotopic (exact) mass is 350 g/mol. The highest BCUT2D eigenvalue weighted by atomic mass is 32.2. The second kappa shape index (κ2) is 6.90. The van der Waals surface area contributed by atoms with Crippen molar-refractivity contribution in [3.05, 3.63) is 36.0 Å². The molecule has 2 aromatic heterocycles. The van der Waals surface area contributed by atoms with Gasteiger partial charge in [0, 0.05) is 37.9 Å². The lowest BCUT2D eigenvalue weighted by atomic mass is 9.96. The van der Waals surface area contributed by atoms with E-state index in [9.17, 15) is 8.42 Å². The predicted octanol–water partition coefficient (Wildman–Crippen LogP) is 1.58. The van der Waals surface area contributed by atoms with Gasteiger partial charge in [0.25, 0.3) is 0 Å². The van der Waals surface area contributed by atoms with Gasteiger partial charge in [0.1, 0.15) is 4.90 Å². The molecular formula is C16H22N4O3S. The van der Waals surface area contributed by atoms with E-state index in [1.165, 1.54) is 12.5 Å². The van der Waals surface area contributed by atoms with E-state index in [2.05, 4.69) is 15.3 Å². The van der Waals surface area contributed by atoms with Crippen LogP contribution >= 0.6 is 0 Å². The number of piperidine rings is 1. The second-order valence-corrected chi connectivity index (χ2v) is 8.21. The second-order valence-electron chi connectivity index (χ2n) is 6.22. The van der Waals surface area contributed by atoms with Gasteiger partial charge in [-0.3, -0.25) is 0 Å². The van der Waals surface area contributed by atoms with Gasteiger partial charge in [-0.25, -0.2) is 18.4 Å². The molecule has 3 rings (SSSR count). The smallest absolute Gasteiger partial charge is 0.225 e. The Morgan fingerprint density at radius 2 is 2.29 bits per heavy atom. The number of furan rings is 1. The minimum Gasteiger partial charge on any atom is -0.472 e. The summed E-state index contributed by atoms with van der Waals surface area (Å²) in [6, 6.07) is 1.88. The van der Waals surface area contributed by atoms with Gasteiger partial charge in [0.05, 0.1) is 24.4 Å². The van der Waals surface area contributed by atoms with Crippen molar-refractivity contribution in [1.82, 2.24) is 15.3 Å². The Bertz CT molecular complexity index is 784. The summed E-state index contributed by atoms with van der Waals surface area (Å²) in [6.45, 7) is 2.30. The number of nitrogens with one attached hydrogen (secondary N) is 1. The Morgan fingerprint density at radius 3 is 2.92 bits per heavy atom. The minimum absolute atomic E-state index is 0.0903. The molecule has 3 heterocycles. The quantitative estimate of drug-likeness (QED) is 0.876. The fraction of sp³-hybridized carbons (Fsp3) is 0.500. The molecule has 0 saturated carbocycles. The molecule has 1 fully saturated rings. The third kappa shape index (κ3) is 3.76. The maximum atomic E-state index is 12.1. The van der Waals surface area contributed by atoms with E-state index < -0.39 is 9.84 Å². The highest BCUT2D eigenvalue weighted by Gasteiger charge is 2.25. The average molecular weight is 350 g/mol. The SMILES string of the molecule is CN(Cc1ccoc1)c1ncc(S(C)(=O)=O)c(C2CCCNC2)n1. The van der Waals surface area contributed by atoms with Crippen molar-refractivity contribution >= 4 is 15.8 Å². The summed E-state index contributed by atoms with van der Waals surface area (Å²) in [5.74, 6) is 0.608. The molecule has 1 aliphatic heterocycles. The number of sulfone groups is 1. The van der Waals surface area contributed by atoms with Gasteiger partial charge >= 0.3 is 0 Å². The Labute approximate surface area is 142 Å². The van der Waals surface area contributed by atoms with Crippen molar-refractivity contribution in [3.63, 3.8) is 0 Å². The van der Waals surface area contributed by atoms with E-state index in [1.54, 1.807) is 12.5 Å². The van der Waals surface area contributed by atoms with Gasteiger partial charge in [0.2, 0.25) is 5.95 Å². The van der Waals surface area contributed by atoms with Crippen molar-refractivity contribution in [2.75, 3.05) is 31.3 Å². The standard InChI is InChI=1S/C16H22N4O3S/c1-20(10-12-5-7-23-11-12)16-18-9-14(24(2,21)22)15(19-16)13-4-3-6-17-8-13/h5,7,9,11,13,17H,3-4,6,8,10H2,1-2H3. The zero-order valence-corrected chi connectivity index (χ0v) is 14.7. The van der Waals surface area contributed by atoms with Crippen LogP contribution in [0, 0.1) is 0 Å².